The van der Waals surface area contributed by atoms with Crippen LogP contribution in [0.15, 0.2) is 24.3 Å². The minimum atomic E-state index is -0.843. The van der Waals surface area contributed by atoms with Gasteiger partial charge in [-0.3, -0.25) is 14.9 Å². The molecule has 0 aliphatic rings. The number of nitrogens with zero attached hydrogens (tertiary/aromatic N) is 2. The Kier molecular flexibility index (Phi) is 4.17. The van der Waals surface area contributed by atoms with Gasteiger partial charge in [0.2, 0.25) is 5.91 Å². The van der Waals surface area contributed by atoms with Crippen molar-refractivity contribution in [2.45, 2.75) is 13.0 Å². The maximum absolute atomic E-state index is 11.0. The number of nitro benzene ring substituents is 1. The number of non-ortho nitro benzene ring substituents is 1. The number of carbonyl (C=O) groups excluding carboxylic acids is 1. The Labute approximate surface area is 98.6 Å². The highest BCUT2D eigenvalue weighted by Gasteiger charge is 2.13. The van der Waals surface area contributed by atoms with E-state index >= 15 is 0 Å². The predicted molar refractivity (Wildman–Crippen MR) is 61.4 cm³/mol. The lowest BCUT2D eigenvalue weighted by atomic mass is 10.1. The van der Waals surface area contributed by atoms with Crippen LogP contribution in [0.5, 0.6) is 0 Å². The third kappa shape index (κ3) is 3.53. The van der Waals surface area contributed by atoms with Crippen LogP contribution in [0, 0.1) is 10.1 Å². The molecular weight excluding hydrogens is 224 g/mol. The zero-order chi connectivity index (χ0) is 13.0. The molecule has 1 atom stereocenters. The summed E-state index contributed by atoms with van der Waals surface area (Å²) in [7, 11) is 1.58. The number of nitro groups is 1. The molecule has 0 fully saturated rings. The van der Waals surface area contributed by atoms with E-state index in [-0.39, 0.29) is 18.1 Å². The third-order valence-electron chi connectivity index (χ3n) is 2.47. The second-order valence-electron chi connectivity index (χ2n) is 3.76. The average molecular weight is 238 g/mol. The lowest BCUT2D eigenvalue weighted by Gasteiger charge is -2.19. The quantitative estimate of drug-likeness (QED) is 0.629. The number of hydrogen-bond acceptors (Lipinski definition) is 4. The number of likely N-dealkylation sites (N-methyl/N-ethyl adjacent to an activating group) is 1. The molecule has 1 unspecified atom stereocenters. The molecule has 0 aliphatic heterocycles. The maximum Gasteiger partial charge on any atom is 0.269 e. The number of hydrogen-bond donors (Lipinski definition) is 1. The minimum Gasteiger partial charge on any atom is -0.387 e. The van der Waals surface area contributed by atoms with Crippen molar-refractivity contribution in [1.82, 2.24) is 4.90 Å². The summed E-state index contributed by atoms with van der Waals surface area (Å²) in [5, 5.41) is 20.2. The molecule has 0 heterocycles. The monoisotopic (exact) mass is 238 g/mol. The number of amides is 1. The van der Waals surface area contributed by atoms with Crippen LogP contribution in [0.3, 0.4) is 0 Å². The fourth-order valence-corrected chi connectivity index (χ4v) is 1.31. The summed E-state index contributed by atoms with van der Waals surface area (Å²) in [5.41, 5.74) is 0.518. The topological polar surface area (TPSA) is 83.7 Å². The van der Waals surface area contributed by atoms with E-state index < -0.39 is 11.0 Å². The SMILES string of the molecule is CC(=O)N(C)CC(O)c1ccc([N+](=O)[O-])cc1. The van der Waals surface area contributed by atoms with Crippen LogP contribution in [0.2, 0.25) is 0 Å². The molecule has 6 nitrogen and oxygen atoms in total. The summed E-state index contributed by atoms with van der Waals surface area (Å²) in [5.74, 6) is -0.147. The highest BCUT2D eigenvalue weighted by atomic mass is 16.6. The molecule has 0 aliphatic carbocycles. The second kappa shape index (κ2) is 5.40. The smallest absolute Gasteiger partial charge is 0.269 e. The van der Waals surface area contributed by atoms with Gasteiger partial charge in [-0.15, -0.1) is 0 Å². The Hall–Kier alpha value is -1.95. The normalized spacial score (nSPS) is 11.9. The van der Waals surface area contributed by atoms with Crippen LogP contribution in [-0.2, 0) is 4.79 Å². The van der Waals surface area contributed by atoms with E-state index in [2.05, 4.69) is 0 Å². The first kappa shape index (κ1) is 13.1. The maximum atomic E-state index is 11.0. The first-order valence-corrected chi connectivity index (χ1v) is 5.06. The molecular formula is C11H14N2O4. The lowest BCUT2D eigenvalue weighted by molar-refractivity contribution is -0.384. The van der Waals surface area contributed by atoms with Crippen molar-refractivity contribution in [1.29, 1.82) is 0 Å². The van der Waals surface area contributed by atoms with Crippen LogP contribution in [-0.4, -0.2) is 34.4 Å². The number of rotatable bonds is 4. The van der Waals surface area contributed by atoms with Crippen LogP contribution < -0.4 is 0 Å². The molecule has 1 rings (SSSR count). The molecule has 92 valence electrons. The summed E-state index contributed by atoms with van der Waals surface area (Å²) < 4.78 is 0. The number of benzene rings is 1. The molecule has 6 heteroatoms. The zero-order valence-corrected chi connectivity index (χ0v) is 9.66. The molecule has 0 saturated heterocycles. The highest BCUT2D eigenvalue weighted by molar-refractivity contribution is 5.72. The number of aliphatic hydroxyl groups excluding tert-OH is 1. The van der Waals surface area contributed by atoms with E-state index in [1.165, 1.54) is 36.1 Å². The molecule has 0 aromatic heterocycles. The number of carbonyl (C=O) groups is 1. The molecule has 0 saturated carbocycles. The fourth-order valence-electron chi connectivity index (χ4n) is 1.31. The summed E-state index contributed by atoms with van der Waals surface area (Å²) in [6.07, 6.45) is -0.843. The first-order chi connectivity index (χ1) is 7.91. The summed E-state index contributed by atoms with van der Waals surface area (Å²) in [4.78, 5) is 22.3. The van der Waals surface area contributed by atoms with Gasteiger partial charge < -0.3 is 10.0 Å². The Balaban J connectivity index is 2.73. The van der Waals surface area contributed by atoms with E-state index in [9.17, 15) is 20.0 Å². The number of aliphatic hydroxyl groups is 1. The van der Waals surface area contributed by atoms with Crippen molar-refractivity contribution < 1.29 is 14.8 Å². The Morgan fingerprint density at radius 3 is 2.41 bits per heavy atom. The van der Waals surface area contributed by atoms with Gasteiger partial charge in [-0.05, 0) is 17.7 Å². The lowest BCUT2D eigenvalue weighted by Crippen LogP contribution is -2.28. The minimum absolute atomic E-state index is 0.0270. The summed E-state index contributed by atoms with van der Waals surface area (Å²) >= 11 is 0. The fraction of sp³-hybridized carbons (Fsp3) is 0.364. The average Bonchev–Trinajstić information content (AvgIpc) is 2.28. The van der Waals surface area contributed by atoms with Gasteiger partial charge in [-0.1, -0.05) is 0 Å². The van der Waals surface area contributed by atoms with Gasteiger partial charge in [-0.25, -0.2) is 0 Å². The van der Waals surface area contributed by atoms with Gasteiger partial charge >= 0.3 is 0 Å². The van der Waals surface area contributed by atoms with E-state index in [1.807, 2.05) is 0 Å². The molecule has 1 aromatic rings. The molecule has 1 amide bonds. The molecule has 1 aromatic carbocycles. The van der Waals surface area contributed by atoms with Crippen molar-refractivity contribution in [3.63, 3.8) is 0 Å². The van der Waals surface area contributed by atoms with Crippen molar-refractivity contribution in [3.05, 3.63) is 39.9 Å². The zero-order valence-electron chi connectivity index (χ0n) is 9.66. The second-order valence-corrected chi connectivity index (χ2v) is 3.76. The van der Waals surface area contributed by atoms with Crippen LogP contribution in [0.1, 0.15) is 18.6 Å². The summed E-state index contributed by atoms with van der Waals surface area (Å²) in [6.45, 7) is 1.57. The van der Waals surface area contributed by atoms with Crippen molar-refractivity contribution in [2.75, 3.05) is 13.6 Å². The van der Waals surface area contributed by atoms with Gasteiger partial charge in [0.1, 0.15) is 0 Å². The van der Waals surface area contributed by atoms with Crippen LogP contribution in [0.25, 0.3) is 0 Å². The Bertz CT molecular complexity index is 416. The van der Waals surface area contributed by atoms with E-state index in [0.717, 1.165) is 0 Å². The van der Waals surface area contributed by atoms with Crippen molar-refractivity contribution in [2.24, 2.45) is 0 Å². The summed E-state index contributed by atoms with van der Waals surface area (Å²) in [6, 6.07) is 5.62. The largest absolute Gasteiger partial charge is 0.387 e. The first-order valence-electron chi connectivity index (χ1n) is 5.06. The highest BCUT2D eigenvalue weighted by Crippen LogP contribution is 2.18. The third-order valence-corrected chi connectivity index (χ3v) is 2.47. The van der Waals surface area contributed by atoms with Gasteiger partial charge in [0.15, 0.2) is 0 Å². The Morgan fingerprint density at radius 1 is 1.47 bits per heavy atom. The van der Waals surface area contributed by atoms with Crippen molar-refractivity contribution in [3.8, 4) is 0 Å². The molecule has 0 radical (unpaired) electrons. The standard InChI is InChI=1S/C11H14N2O4/c1-8(14)12(2)7-11(15)9-3-5-10(6-4-9)13(16)17/h3-6,11,15H,7H2,1-2H3. The molecule has 0 bridgehead atoms. The van der Waals surface area contributed by atoms with Gasteiger partial charge in [0, 0.05) is 26.1 Å². The van der Waals surface area contributed by atoms with Gasteiger partial charge in [0.05, 0.1) is 17.6 Å². The van der Waals surface area contributed by atoms with Gasteiger partial charge in [0.25, 0.3) is 5.69 Å². The molecule has 17 heavy (non-hydrogen) atoms. The van der Waals surface area contributed by atoms with Crippen LogP contribution >= 0.6 is 0 Å². The molecule has 0 spiro atoms. The van der Waals surface area contributed by atoms with E-state index in [1.54, 1.807) is 7.05 Å². The van der Waals surface area contributed by atoms with Crippen LogP contribution in [0.4, 0.5) is 5.69 Å². The Morgan fingerprint density at radius 2 is 2.00 bits per heavy atom. The van der Waals surface area contributed by atoms with Crippen molar-refractivity contribution >= 4 is 11.6 Å². The van der Waals surface area contributed by atoms with E-state index in [4.69, 9.17) is 0 Å². The van der Waals surface area contributed by atoms with E-state index in [0.29, 0.717) is 5.56 Å². The van der Waals surface area contributed by atoms with Gasteiger partial charge in [-0.2, -0.15) is 0 Å². The molecule has 1 N–H and O–H groups in total. The predicted octanol–water partition coefficient (Wildman–Crippen LogP) is 1.11.